The fraction of sp³-hybridized carbons (Fsp3) is 0.188. The summed E-state index contributed by atoms with van der Waals surface area (Å²) in [6, 6.07) is 12.4. The van der Waals surface area contributed by atoms with Crippen LogP contribution in [0.2, 0.25) is 10.0 Å². The molecule has 0 unspecified atom stereocenters. The van der Waals surface area contributed by atoms with Gasteiger partial charge in [-0.05, 0) is 37.3 Å². The number of carbonyl (C=O) groups is 1. The molecule has 0 heterocycles. The highest BCUT2D eigenvalue weighted by Gasteiger charge is 2.08. The van der Waals surface area contributed by atoms with Crippen LogP contribution < -0.4 is 5.32 Å². The Morgan fingerprint density at radius 1 is 0.950 bits per heavy atom. The molecule has 0 fully saturated rings. The minimum Gasteiger partial charge on any atom is -0.322 e. The Morgan fingerprint density at radius 3 is 2.10 bits per heavy atom. The Morgan fingerprint density at radius 2 is 1.55 bits per heavy atom. The molecule has 20 heavy (non-hydrogen) atoms. The first kappa shape index (κ1) is 16.5. The van der Waals surface area contributed by atoms with Crippen molar-refractivity contribution in [2.45, 2.75) is 20.8 Å². The van der Waals surface area contributed by atoms with Gasteiger partial charge in [-0.15, -0.1) is 0 Å². The van der Waals surface area contributed by atoms with E-state index in [1.165, 1.54) is 0 Å². The monoisotopic (exact) mass is 309 g/mol. The van der Waals surface area contributed by atoms with Crippen molar-refractivity contribution >= 4 is 34.8 Å². The molecule has 0 atom stereocenters. The number of carbonyl (C=O) groups excluding carboxylic acids is 1. The summed E-state index contributed by atoms with van der Waals surface area (Å²) >= 11 is 11.7. The van der Waals surface area contributed by atoms with Crippen molar-refractivity contribution in [1.82, 2.24) is 0 Å². The second-order valence-corrected chi connectivity index (χ2v) is 4.76. The van der Waals surface area contributed by atoms with Gasteiger partial charge in [0.05, 0.1) is 10.0 Å². The summed E-state index contributed by atoms with van der Waals surface area (Å²) in [7, 11) is 0. The molecule has 0 saturated carbocycles. The molecule has 0 aliphatic carbocycles. The van der Waals surface area contributed by atoms with E-state index in [9.17, 15) is 4.79 Å². The van der Waals surface area contributed by atoms with E-state index in [2.05, 4.69) is 5.32 Å². The number of aryl methyl sites for hydroxylation is 1. The third-order valence-corrected chi connectivity index (χ3v) is 3.23. The minimum atomic E-state index is -0.211. The quantitative estimate of drug-likeness (QED) is 0.770. The minimum absolute atomic E-state index is 0.211. The molecule has 1 N–H and O–H groups in total. The molecule has 106 valence electrons. The number of benzene rings is 2. The fourth-order valence-electron chi connectivity index (χ4n) is 1.48. The molecule has 1 amide bonds. The second-order valence-electron chi connectivity index (χ2n) is 3.95. The largest absolute Gasteiger partial charge is 0.322 e. The van der Waals surface area contributed by atoms with Crippen molar-refractivity contribution in [3.8, 4) is 0 Å². The third-order valence-electron chi connectivity index (χ3n) is 2.49. The number of hydrogen-bond donors (Lipinski definition) is 1. The van der Waals surface area contributed by atoms with Crippen molar-refractivity contribution in [2.75, 3.05) is 5.32 Å². The van der Waals surface area contributed by atoms with Crippen LogP contribution in [-0.4, -0.2) is 5.91 Å². The lowest BCUT2D eigenvalue weighted by molar-refractivity contribution is 0.102. The standard InChI is InChI=1S/C14H11Cl2NO.C2H6/c1-9-2-5-11(6-3-9)17-14(18)10-4-7-12(15)13(16)8-10;1-2/h2-8H,1H3,(H,17,18);1-2H3. The first-order valence-corrected chi connectivity index (χ1v) is 7.15. The van der Waals surface area contributed by atoms with Gasteiger partial charge in [-0.3, -0.25) is 4.79 Å². The van der Waals surface area contributed by atoms with Crippen LogP contribution in [0.4, 0.5) is 5.69 Å². The molecule has 4 heteroatoms. The molecule has 0 saturated heterocycles. The van der Waals surface area contributed by atoms with E-state index in [4.69, 9.17) is 23.2 Å². The predicted molar refractivity (Wildman–Crippen MR) is 86.9 cm³/mol. The molecule has 0 radical (unpaired) electrons. The van der Waals surface area contributed by atoms with Gasteiger partial charge in [0.25, 0.3) is 5.91 Å². The summed E-state index contributed by atoms with van der Waals surface area (Å²) < 4.78 is 0. The smallest absolute Gasteiger partial charge is 0.255 e. The second kappa shape index (κ2) is 7.93. The van der Waals surface area contributed by atoms with Gasteiger partial charge in [-0.1, -0.05) is 54.7 Å². The van der Waals surface area contributed by atoms with Crippen molar-refractivity contribution in [1.29, 1.82) is 0 Å². The average molecular weight is 310 g/mol. The molecular formula is C16H17Cl2NO. The number of amides is 1. The van der Waals surface area contributed by atoms with Crippen LogP contribution in [0, 0.1) is 6.92 Å². The summed E-state index contributed by atoms with van der Waals surface area (Å²) in [4.78, 5) is 11.9. The fourth-order valence-corrected chi connectivity index (χ4v) is 1.78. The number of halogens is 2. The zero-order valence-electron chi connectivity index (χ0n) is 11.7. The molecule has 0 aliphatic rings. The highest BCUT2D eigenvalue weighted by Crippen LogP contribution is 2.23. The molecular weight excluding hydrogens is 293 g/mol. The number of hydrogen-bond acceptors (Lipinski definition) is 1. The van der Waals surface area contributed by atoms with Crippen molar-refractivity contribution in [3.05, 3.63) is 63.6 Å². The third kappa shape index (κ3) is 4.55. The van der Waals surface area contributed by atoms with Crippen molar-refractivity contribution in [2.24, 2.45) is 0 Å². The number of rotatable bonds is 2. The Kier molecular flexibility index (Phi) is 6.56. The van der Waals surface area contributed by atoms with Gasteiger partial charge in [-0.2, -0.15) is 0 Å². The summed E-state index contributed by atoms with van der Waals surface area (Å²) in [5.41, 5.74) is 2.36. The summed E-state index contributed by atoms with van der Waals surface area (Å²) in [6.07, 6.45) is 0. The van der Waals surface area contributed by atoms with E-state index in [0.29, 0.717) is 15.6 Å². The normalized spacial score (nSPS) is 9.45. The molecule has 2 nitrogen and oxygen atoms in total. The van der Waals surface area contributed by atoms with Crippen LogP contribution in [0.5, 0.6) is 0 Å². The van der Waals surface area contributed by atoms with E-state index in [1.807, 2.05) is 45.0 Å². The van der Waals surface area contributed by atoms with Crippen molar-refractivity contribution in [3.63, 3.8) is 0 Å². The Bertz CT molecular complexity index is 580. The van der Waals surface area contributed by atoms with E-state index >= 15 is 0 Å². The lowest BCUT2D eigenvalue weighted by Crippen LogP contribution is -2.11. The molecule has 0 aromatic heterocycles. The van der Waals surface area contributed by atoms with Crippen LogP contribution in [0.25, 0.3) is 0 Å². The van der Waals surface area contributed by atoms with E-state index < -0.39 is 0 Å². The molecule has 2 aromatic rings. The maximum Gasteiger partial charge on any atom is 0.255 e. The zero-order chi connectivity index (χ0) is 15.1. The highest BCUT2D eigenvalue weighted by molar-refractivity contribution is 6.42. The highest BCUT2D eigenvalue weighted by atomic mass is 35.5. The van der Waals surface area contributed by atoms with Crippen LogP contribution in [0.15, 0.2) is 42.5 Å². The van der Waals surface area contributed by atoms with Crippen LogP contribution >= 0.6 is 23.2 Å². The number of anilines is 1. The zero-order valence-corrected chi connectivity index (χ0v) is 13.2. The predicted octanol–water partition coefficient (Wildman–Crippen LogP) is 5.58. The number of nitrogens with one attached hydrogen (secondary N) is 1. The van der Waals surface area contributed by atoms with Gasteiger partial charge in [0.2, 0.25) is 0 Å². The van der Waals surface area contributed by atoms with Gasteiger partial charge >= 0.3 is 0 Å². The average Bonchev–Trinajstić information content (AvgIpc) is 2.46. The van der Waals surface area contributed by atoms with Gasteiger partial charge in [-0.25, -0.2) is 0 Å². The SMILES string of the molecule is CC.Cc1ccc(NC(=O)c2ccc(Cl)c(Cl)c2)cc1. The van der Waals surface area contributed by atoms with Gasteiger partial charge in [0.15, 0.2) is 0 Å². The molecule has 0 bridgehead atoms. The summed E-state index contributed by atoms with van der Waals surface area (Å²) in [5.74, 6) is -0.211. The van der Waals surface area contributed by atoms with E-state index in [1.54, 1.807) is 18.2 Å². The molecule has 0 aliphatic heterocycles. The maximum atomic E-state index is 11.9. The van der Waals surface area contributed by atoms with E-state index in [-0.39, 0.29) is 5.91 Å². The van der Waals surface area contributed by atoms with Crippen LogP contribution in [0.1, 0.15) is 29.8 Å². The lowest BCUT2D eigenvalue weighted by atomic mass is 10.2. The molecule has 0 spiro atoms. The first-order valence-electron chi connectivity index (χ1n) is 6.39. The summed E-state index contributed by atoms with van der Waals surface area (Å²) in [6.45, 7) is 5.99. The van der Waals surface area contributed by atoms with E-state index in [0.717, 1.165) is 11.3 Å². The molecule has 2 rings (SSSR count). The van der Waals surface area contributed by atoms with Crippen LogP contribution in [0.3, 0.4) is 0 Å². The van der Waals surface area contributed by atoms with Gasteiger partial charge in [0, 0.05) is 11.3 Å². The maximum absolute atomic E-state index is 11.9. The summed E-state index contributed by atoms with van der Waals surface area (Å²) in [5, 5.41) is 3.59. The Labute approximate surface area is 129 Å². The van der Waals surface area contributed by atoms with Crippen LogP contribution in [-0.2, 0) is 0 Å². The lowest BCUT2D eigenvalue weighted by Gasteiger charge is -2.06. The molecule has 2 aromatic carbocycles. The first-order chi connectivity index (χ1) is 9.56. The Hall–Kier alpha value is -1.51. The van der Waals surface area contributed by atoms with Gasteiger partial charge in [0.1, 0.15) is 0 Å². The topological polar surface area (TPSA) is 29.1 Å². The Balaban J connectivity index is 0.000000956. The van der Waals surface area contributed by atoms with Crippen molar-refractivity contribution < 1.29 is 4.79 Å². The van der Waals surface area contributed by atoms with Gasteiger partial charge < -0.3 is 5.32 Å².